The zero-order valence-electron chi connectivity index (χ0n) is 3.61. The standard InChI is InChI=1S/C4H5O2.Ag/c5-3-1-2-4-6;/h3H,1-2H2;/q-1;+1. The van der Waals surface area contributed by atoms with Crippen molar-refractivity contribution in [1.82, 2.24) is 0 Å². The van der Waals surface area contributed by atoms with Gasteiger partial charge in [-0.3, -0.25) is 6.29 Å². The Labute approximate surface area is 57.8 Å². The molecule has 0 spiro atoms. The number of hydrogen-bond acceptors (Lipinski definition) is 2. The minimum atomic E-state index is 0. The van der Waals surface area contributed by atoms with E-state index >= 15 is 0 Å². The molecular formula is C4H5AgO2. The summed E-state index contributed by atoms with van der Waals surface area (Å²) in [4.78, 5) is 18.7. The van der Waals surface area contributed by atoms with Crippen LogP contribution in [0.5, 0.6) is 0 Å². The first-order valence-corrected chi connectivity index (χ1v) is 1.70. The molecule has 0 aliphatic rings. The predicted octanol–water partition coefficient (Wildman–Crippen LogP) is 0.0727. The molecule has 0 saturated heterocycles. The number of unbranched alkanes of at least 4 members (excludes halogenated alkanes) is 1. The van der Waals surface area contributed by atoms with Crippen LogP contribution in [0.15, 0.2) is 0 Å². The Kier molecular flexibility index (Phi) is 13.7. The summed E-state index contributed by atoms with van der Waals surface area (Å²) in [6, 6.07) is 0. The van der Waals surface area contributed by atoms with E-state index in [0.717, 1.165) is 0 Å². The number of hydrogen-bond donors (Lipinski definition) is 0. The third-order valence-electron chi connectivity index (χ3n) is 0.364. The second-order valence-corrected chi connectivity index (χ2v) is 0.850. The zero-order chi connectivity index (χ0) is 4.83. The van der Waals surface area contributed by atoms with Crippen molar-refractivity contribution in [2.24, 2.45) is 0 Å². The minimum absolute atomic E-state index is 0. The summed E-state index contributed by atoms with van der Waals surface area (Å²) >= 11 is 0. The largest absolute Gasteiger partial charge is 1.00 e. The molecule has 0 bridgehead atoms. The van der Waals surface area contributed by atoms with E-state index in [1.165, 1.54) is 0 Å². The van der Waals surface area contributed by atoms with Crippen molar-refractivity contribution >= 4 is 12.6 Å². The summed E-state index contributed by atoms with van der Waals surface area (Å²) in [5.74, 6) is 0. The molecule has 0 atom stereocenters. The maximum Gasteiger partial charge on any atom is 1.00 e. The molecule has 0 aromatic heterocycles. The summed E-state index contributed by atoms with van der Waals surface area (Å²) < 4.78 is 0. The second-order valence-electron chi connectivity index (χ2n) is 0.850. The molecule has 44 valence electrons. The van der Waals surface area contributed by atoms with E-state index in [0.29, 0.717) is 12.7 Å². The number of carbonyl (C=O) groups excluding carboxylic acids is 2. The van der Waals surface area contributed by atoms with E-state index in [4.69, 9.17) is 0 Å². The van der Waals surface area contributed by atoms with E-state index in [1.807, 2.05) is 0 Å². The Bertz CT molecular complexity index is 45.7. The number of aldehydes is 1. The SMILES string of the molecule is O=[C-]CCC=O.[Ag+]. The van der Waals surface area contributed by atoms with Crippen LogP contribution < -0.4 is 0 Å². The number of rotatable bonds is 3. The van der Waals surface area contributed by atoms with Crippen LogP contribution in [0.25, 0.3) is 0 Å². The van der Waals surface area contributed by atoms with E-state index in [-0.39, 0.29) is 28.8 Å². The van der Waals surface area contributed by atoms with E-state index in [2.05, 4.69) is 0 Å². The Morgan fingerprint density at radius 1 is 1.57 bits per heavy atom. The van der Waals surface area contributed by atoms with Crippen LogP contribution in [0, 0.1) is 0 Å². The molecule has 0 aromatic rings. The summed E-state index contributed by atoms with van der Waals surface area (Å²) in [7, 11) is 0. The minimum Gasteiger partial charge on any atom is -0.542 e. The van der Waals surface area contributed by atoms with Gasteiger partial charge in [0, 0.05) is 0 Å². The van der Waals surface area contributed by atoms with Crippen LogP contribution >= 0.6 is 0 Å². The molecule has 0 aromatic carbocycles. The topological polar surface area (TPSA) is 34.1 Å². The van der Waals surface area contributed by atoms with E-state index in [9.17, 15) is 9.59 Å². The summed E-state index contributed by atoms with van der Waals surface area (Å²) in [5.41, 5.74) is 0. The maximum absolute atomic E-state index is 9.38. The van der Waals surface area contributed by atoms with Gasteiger partial charge in [-0.15, -0.1) is 6.42 Å². The van der Waals surface area contributed by atoms with Gasteiger partial charge in [0.25, 0.3) is 0 Å². The van der Waals surface area contributed by atoms with Gasteiger partial charge < -0.3 is 9.59 Å². The molecule has 0 amide bonds. The van der Waals surface area contributed by atoms with Gasteiger partial charge in [0.05, 0.1) is 0 Å². The molecule has 3 heteroatoms. The fourth-order valence-electron chi connectivity index (χ4n) is 0.118. The van der Waals surface area contributed by atoms with Crippen molar-refractivity contribution in [2.75, 3.05) is 0 Å². The molecule has 0 unspecified atom stereocenters. The van der Waals surface area contributed by atoms with Crippen LogP contribution in [0.3, 0.4) is 0 Å². The van der Waals surface area contributed by atoms with Crippen molar-refractivity contribution in [1.29, 1.82) is 0 Å². The predicted molar refractivity (Wildman–Crippen MR) is 21.0 cm³/mol. The fraction of sp³-hybridized carbons (Fsp3) is 0.500. The van der Waals surface area contributed by atoms with Gasteiger partial charge in [0.2, 0.25) is 0 Å². The molecule has 7 heavy (non-hydrogen) atoms. The Morgan fingerprint density at radius 3 is 2.29 bits per heavy atom. The third kappa shape index (κ3) is 10.7. The second kappa shape index (κ2) is 9.43. The van der Waals surface area contributed by atoms with Gasteiger partial charge in [-0.2, -0.15) is 0 Å². The fourth-order valence-corrected chi connectivity index (χ4v) is 0.118. The van der Waals surface area contributed by atoms with Crippen molar-refractivity contribution in [3.8, 4) is 0 Å². The van der Waals surface area contributed by atoms with Crippen LogP contribution in [-0.2, 0) is 32.0 Å². The summed E-state index contributed by atoms with van der Waals surface area (Å²) in [6.07, 6.45) is 2.84. The van der Waals surface area contributed by atoms with E-state index < -0.39 is 0 Å². The van der Waals surface area contributed by atoms with E-state index in [1.54, 1.807) is 6.29 Å². The molecule has 0 radical (unpaired) electrons. The average molecular weight is 193 g/mol. The van der Waals surface area contributed by atoms with Crippen LogP contribution in [0.4, 0.5) is 0 Å². The summed E-state index contributed by atoms with van der Waals surface area (Å²) in [6.45, 7) is 0. The van der Waals surface area contributed by atoms with Crippen molar-refractivity contribution in [3.05, 3.63) is 0 Å². The molecule has 2 nitrogen and oxygen atoms in total. The first-order valence-electron chi connectivity index (χ1n) is 1.70. The monoisotopic (exact) mass is 192 g/mol. The quantitative estimate of drug-likeness (QED) is 0.275. The third-order valence-corrected chi connectivity index (χ3v) is 0.364. The molecular weight excluding hydrogens is 188 g/mol. The van der Waals surface area contributed by atoms with Crippen molar-refractivity contribution < 1.29 is 32.0 Å². The molecule has 0 aliphatic heterocycles. The Hall–Kier alpha value is 0.0803. The van der Waals surface area contributed by atoms with Gasteiger partial charge >= 0.3 is 22.4 Å². The summed E-state index contributed by atoms with van der Waals surface area (Å²) in [5, 5.41) is 0. The Morgan fingerprint density at radius 2 is 2.14 bits per heavy atom. The van der Waals surface area contributed by atoms with Gasteiger partial charge in [-0.25, -0.2) is 0 Å². The Balaban J connectivity index is 0. The van der Waals surface area contributed by atoms with Crippen LogP contribution in [0.2, 0.25) is 0 Å². The molecule has 0 heterocycles. The molecule has 0 rings (SSSR count). The van der Waals surface area contributed by atoms with Crippen molar-refractivity contribution in [3.63, 3.8) is 0 Å². The van der Waals surface area contributed by atoms with Gasteiger partial charge in [-0.1, -0.05) is 0 Å². The smallest absolute Gasteiger partial charge is 0.542 e. The van der Waals surface area contributed by atoms with Crippen LogP contribution in [-0.4, -0.2) is 12.6 Å². The zero-order valence-corrected chi connectivity index (χ0v) is 5.09. The number of carbonyl (C=O) groups is 1. The molecule has 0 fully saturated rings. The first-order chi connectivity index (χ1) is 2.91. The molecule has 0 saturated carbocycles. The molecule has 0 aliphatic carbocycles. The van der Waals surface area contributed by atoms with Gasteiger partial charge in [0.15, 0.2) is 0 Å². The first kappa shape index (κ1) is 10.1. The van der Waals surface area contributed by atoms with Gasteiger partial charge in [0.1, 0.15) is 6.29 Å². The van der Waals surface area contributed by atoms with Crippen LogP contribution in [0.1, 0.15) is 12.8 Å². The molecule has 0 N–H and O–H groups in total. The van der Waals surface area contributed by atoms with Crippen molar-refractivity contribution in [2.45, 2.75) is 12.8 Å². The van der Waals surface area contributed by atoms with Gasteiger partial charge in [-0.05, 0) is 6.42 Å². The maximum atomic E-state index is 9.38. The normalized spacial score (nSPS) is 6.29. The average Bonchev–Trinajstić information content (AvgIpc) is 1.61.